The van der Waals surface area contributed by atoms with Crippen LogP contribution in [-0.4, -0.2) is 24.3 Å². The predicted molar refractivity (Wildman–Crippen MR) is 145 cm³/mol. The molecule has 1 amide bonds. The Balaban J connectivity index is 2.22. The van der Waals surface area contributed by atoms with E-state index in [-0.39, 0.29) is 11.7 Å². The lowest BCUT2D eigenvalue weighted by Gasteiger charge is -2.29. The molecule has 3 aromatic carbocycles. The number of halogens is 1. The highest BCUT2D eigenvalue weighted by Crippen LogP contribution is 2.40. The molecule has 1 N–H and O–H groups in total. The van der Waals surface area contributed by atoms with Gasteiger partial charge in [-0.25, -0.2) is 4.79 Å². The van der Waals surface area contributed by atoms with Crippen LogP contribution < -0.4 is 5.32 Å². The number of alkyl carbamates (subject to hydrolysis) is 1. The maximum atomic E-state index is 11.6. The number of hydrogen-bond donors (Lipinski definition) is 1. The first-order valence-electron chi connectivity index (χ1n) is 11.7. The van der Waals surface area contributed by atoms with Crippen molar-refractivity contribution in [1.82, 2.24) is 5.32 Å². The molecule has 0 aliphatic rings. The van der Waals surface area contributed by atoms with Crippen molar-refractivity contribution in [2.75, 3.05) is 7.11 Å². The first-order valence-corrected chi connectivity index (χ1v) is 12.1. The Hall–Kier alpha value is -3.00. The lowest BCUT2D eigenvalue weighted by atomic mass is 9.87. The van der Waals surface area contributed by atoms with E-state index >= 15 is 0 Å². The summed E-state index contributed by atoms with van der Waals surface area (Å²) in [6.45, 7) is 14.1. The van der Waals surface area contributed by atoms with E-state index in [1.54, 1.807) is 0 Å². The summed E-state index contributed by atoms with van der Waals surface area (Å²) in [6.07, 6.45) is -0.635. The average molecular weight is 492 g/mol. The molecule has 3 aromatic rings. The second-order valence-corrected chi connectivity index (χ2v) is 10.7. The largest absolute Gasteiger partial charge is 0.453 e. The molecule has 184 valence electrons. The highest BCUT2D eigenvalue weighted by atomic mass is 35.5. The molecule has 0 saturated carbocycles. The van der Waals surface area contributed by atoms with Gasteiger partial charge >= 0.3 is 6.09 Å². The molecule has 5 heteroatoms. The van der Waals surface area contributed by atoms with Crippen LogP contribution in [0.5, 0.6) is 0 Å². The summed E-state index contributed by atoms with van der Waals surface area (Å²) in [5.74, 6) is 6.37. The van der Waals surface area contributed by atoms with E-state index in [1.807, 2.05) is 44.2 Å². The van der Waals surface area contributed by atoms with Crippen LogP contribution in [0, 0.1) is 18.8 Å². The Bertz CT molecular complexity index is 1290. The molecule has 0 fully saturated rings. The van der Waals surface area contributed by atoms with Crippen LogP contribution in [0.3, 0.4) is 0 Å². The molecule has 1 unspecified atom stereocenters. The van der Waals surface area contributed by atoms with Crippen LogP contribution in [0.2, 0.25) is 5.02 Å². The van der Waals surface area contributed by atoms with Gasteiger partial charge in [-0.15, -0.1) is 0 Å². The van der Waals surface area contributed by atoms with Gasteiger partial charge in [0.2, 0.25) is 0 Å². The number of fused-ring (bicyclic) bond motifs is 1. The van der Waals surface area contributed by atoms with Crippen LogP contribution in [0.1, 0.15) is 64.3 Å². The number of aryl methyl sites for hydroxylation is 1. The summed E-state index contributed by atoms with van der Waals surface area (Å²) in [7, 11) is 1.34. The van der Waals surface area contributed by atoms with Gasteiger partial charge in [0, 0.05) is 10.6 Å². The molecule has 0 radical (unpaired) electrons. The lowest BCUT2D eigenvalue weighted by Crippen LogP contribution is -2.42. The quantitative estimate of drug-likeness (QED) is 0.378. The Labute approximate surface area is 214 Å². The van der Waals surface area contributed by atoms with E-state index in [0.29, 0.717) is 5.02 Å². The summed E-state index contributed by atoms with van der Waals surface area (Å²) < 4.78 is 11.1. The van der Waals surface area contributed by atoms with Crippen molar-refractivity contribution in [3.05, 3.63) is 70.2 Å². The molecule has 4 nitrogen and oxygen atoms in total. The predicted octanol–water partition coefficient (Wildman–Crippen LogP) is 7.83. The molecule has 35 heavy (non-hydrogen) atoms. The highest BCUT2D eigenvalue weighted by molar-refractivity contribution is 6.30. The number of amides is 1. The summed E-state index contributed by atoms with van der Waals surface area (Å²) in [6, 6.07) is 16.3. The number of ether oxygens (including phenoxy) is 2. The second-order valence-electron chi connectivity index (χ2n) is 10.3. The summed E-state index contributed by atoms with van der Waals surface area (Å²) in [5.41, 5.74) is 4.32. The zero-order valence-electron chi connectivity index (χ0n) is 21.8. The van der Waals surface area contributed by atoms with E-state index < -0.39 is 11.6 Å². The van der Waals surface area contributed by atoms with Crippen LogP contribution in [-0.2, 0) is 9.47 Å². The van der Waals surface area contributed by atoms with Gasteiger partial charge in [0.1, 0.15) is 0 Å². The zero-order chi connectivity index (χ0) is 26.0. The molecule has 0 spiro atoms. The fraction of sp³-hybridized carbons (Fsp3) is 0.367. The number of methoxy groups -OCH3 is 1. The number of hydrogen-bond acceptors (Lipinski definition) is 3. The molecule has 0 saturated heterocycles. The molecule has 0 aromatic heterocycles. The Morgan fingerprint density at radius 2 is 1.69 bits per heavy atom. The van der Waals surface area contributed by atoms with E-state index in [4.69, 9.17) is 21.1 Å². The van der Waals surface area contributed by atoms with Crippen molar-refractivity contribution in [2.24, 2.45) is 0 Å². The number of benzene rings is 3. The fourth-order valence-corrected chi connectivity index (χ4v) is 4.36. The molecule has 3 rings (SSSR count). The zero-order valence-corrected chi connectivity index (χ0v) is 22.6. The van der Waals surface area contributed by atoms with Crippen LogP contribution in [0.15, 0.2) is 48.5 Å². The Morgan fingerprint density at radius 3 is 2.29 bits per heavy atom. The van der Waals surface area contributed by atoms with Gasteiger partial charge in [-0.05, 0) is 106 Å². The summed E-state index contributed by atoms with van der Waals surface area (Å²) >= 11 is 6.21. The first kappa shape index (κ1) is 26.6. The number of nitrogens with one attached hydrogen (secondary N) is 1. The number of rotatable bonds is 4. The van der Waals surface area contributed by atoms with Crippen molar-refractivity contribution in [2.45, 2.75) is 65.7 Å². The van der Waals surface area contributed by atoms with Crippen LogP contribution in [0.25, 0.3) is 21.9 Å². The van der Waals surface area contributed by atoms with Gasteiger partial charge < -0.3 is 14.8 Å². The van der Waals surface area contributed by atoms with Gasteiger partial charge in [-0.2, -0.15) is 0 Å². The van der Waals surface area contributed by atoms with Gasteiger partial charge in [0.25, 0.3) is 0 Å². The minimum Gasteiger partial charge on any atom is -0.453 e. The molecule has 0 aliphatic heterocycles. The smallest absolute Gasteiger partial charge is 0.408 e. The second kappa shape index (κ2) is 10.3. The molecular formula is C30H34ClNO3. The van der Waals surface area contributed by atoms with Crippen molar-refractivity contribution in [1.29, 1.82) is 0 Å². The Morgan fingerprint density at radius 1 is 1.03 bits per heavy atom. The third-order valence-corrected chi connectivity index (χ3v) is 5.83. The van der Waals surface area contributed by atoms with E-state index in [0.717, 1.165) is 33.0 Å². The van der Waals surface area contributed by atoms with Crippen molar-refractivity contribution < 1.29 is 14.3 Å². The fourth-order valence-electron chi connectivity index (χ4n) is 4.24. The normalized spacial score (nSPS) is 12.6. The lowest BCUT2D eigenvalue weighted by molar-refractivity contribution is -0.0529. The first-order chi connectivity index (χ1) is 16.3. The number of carbonyl (C=O) groups excluding carboxylic acids is 1. The van der Waals surface area contributed by atoms with Gasteiger partial charge in [-0.3, -0.25) is 0 Å². The monoisotopic (exact) mass is 491 g/mol. The topological polar surface area (TPSA) is 47.6 Å². The third-order valence-electron chi connectivity index (χ3n) is 5.58. The SMILES string of the molecule is COC(=O)NC(C)(C)C#Cc1ccc2cc(C)c(C(C)OC(C)(C)C)c(-c3ccc(Cl)cc3)c2c1. The van der Waals surface area contributed by atoms with E-state index in [2.05, 4.69) is 70.0 Å². The molecule has 0 bridgehead atoms. The molecule has 0 aliphatic carbocycles. The minimum absolute atomic E-state index is 0.122. The van der Waals surface area contributed by atoms with Crippen LogP contribution >= 0.6 is 11.6 Å². The maximum absolute atomic E-state index is 11.6. The maximum Gasteiger partial charge on any atom is 0.408 e. The third kappa shape index (κ3) is 6.78. The highest BCUT2D eigenvalue weighted by Gasteiger charge is 2.23. The minimum atomic E-state index is -0.742. The van der Waals surface area contributed by atoms with E-state index in [1.165, 1.54) is 12.7 Å². The average Bonchev–Trinajstić information content (AvgIpc) is 2.76. The van der Waals surface area contributed by atoms with Crippen molar-refractivity contribution in [3.63, 3.8) is 0 Å². The molecule has 0 heterocycles. The van der Waals surface area contributed by atoms with Gasteiger partial charge in [0.05, 0.1) is 24.4 Å². The molecular weight excluding hydrogens is 458 g/mol. The summed E-state index contributed by atoms with van der Waals surface area (Å²) in [5, 5.41) is 5.65. The van der Waals surface area contributed by atoms with E-state index in [9.17, 15) is 4.79 Å². The standard InChI is InChI=1S/C30H34ClNO3/c1-19-17-23-10-9-21(15-16-30(6,7)32-28(33)34-8)18-25(23)27(22-11-13-24(31)14-12-22)26(19)20(2)35-29(3,4)5/h9-14,17-18,20H,1-8H3,(H,32,33). The van der Waals surface area contributed by atoms with Crippen molar-refractivity contribution in [3.8, 4) is 23.0 Å². The van der Waals surface area contributed by atoms with Crippen LogP contribution in [0.4, 0.5) is 4.79 Å². The van der Waals surface area contributed by atoms with Crippen molar-refractivity contribution >= 4 is 28.5 Å². The molecule has 1 atom stereocenters. The Kier molecular flexibility index (Phi) is 7.84. The number of carbonyl (C=O) groups is 1. The van der Waals surface area contributed by atoms with Gasteiger partial charge in [-0.1, -0.05) is 47.7 Å². The van der Waals surface area contributed by atoms with Gasteiger partial charge in [0.15, 0.2) is 0 Å². The summed E-state index contributed by atoms with van der Waals surface area (Å²) in [4.78, 5) is 11.6.